The van der Waals surface area contributed by atoms with Gasteiger partial charge in [-0.1, -0.05) is 12.1 Å². The van der Waals surface area contributed by atoms with Crippen molar-refractivity contribution in [2.75, 3.05) is 20.0 Å². The standard InChI is InChI=1S/C18H16O3S/c1-20-14-5-8-17-16(10-14)18(19)13(11-21-17)9-12-3-6-15(22-2)7-4-12/h3-10H,11H2,1-2H3/b13-9-. The average Bonchev–Trinajstić information content (AvgIpc) is 2.58. The molecule has 0 radical (unpaired) electrons. The number of rotatable bonds is 3. The molecule has 0 aliphatic carbocycles. The molecule has 22 heavy (non-hydrogen) atoms. The molecular formula is C18H16O3S. The van der Waals surface area contributed by atoms with Gasteiger partial charge in [-0.25, -0.2) is 0 Å². The Morgan fingerprint density at radius 2 is 1.95 bits per heavy atom. The first kappa shape index (κ1) is 14.7. The Kier molecular flexibility index (Phi) is 4.20. The zero-order valence-corrected chi connectivity index (χ0v) is 13.3. The first-order valence-electron chi connectivity index (χ1n) is 6.91. The van der Waals surface area contributed by atoms with Gasteiger partial charge < -0.3 is 9.47 Å². The molecule has 0 spiro atoms. The van der Waals surface area contributed by atoms with Crippen LogP contribution in [-0.4, -0.2) is 25.8 Å². The van der Waals surface area contributed by atoms with Crippen LogP contribution >= 0.6 is 11.8 Å². The lowest BCUT2D eigenvalue weighted by Gasteiger charge is -2.19. The molecule has 112 valence electrons. The van der Waals surface area contributed by atoms with E-state index in [1.807, 2.05) is 36.6 Å². The van der Waals surface area contributed by atoms with Crippen LogP contribution in [0.3, 0.4) is 0 Å². The van der Waals surface area contributed by atoms with E-state index in [4.69, 9.17) is 9.47 Å². The van der Waals surface area contributed by atoms with Gasteiger partial charge in [0, 0.05) is 10.5 Å². The van der Waals surface area contributed by atoms with E-state index in [1.54, 1.807) is 37.1 Å². The average molecular weight is 312 g/mol. The molecule has 0 atom stereocenters. The normalized spacial score (nSPS) is 15.4. The number of carbonyl (C=O) groups excluding carboxylic acids is 1. The van der Waals surface area contributed by atoms with Crippen LogP contribution in [0.4, 0.5) is 0 Å². The van der Waals surface area contributed by atoms with Crippen molar-refractivity contribution < 1.29 is 14.3 Å². The quantitative estimate of drug-likeness (QED) is 0.632. The number of Topliss-reactive ketones (excluding diaryl/α,β-unsaturated/α-hetero) is 1. The molecule has 0 saturated heterocycles. The molecule has 0 aromatic heterocycles. The fourth-order valence-electron chi connectivity index (χ4n) is 2.34. The highest BCUT2D eigenvalue weighted by molar-refractivity contribution is 7.98. The van der Waals surface area contributed by atoms with Crippen molar-refractivity contribution in [2.24, 2.45) is 0 Å². The Hall–Kier alpha value is -2.20. The van der Waals surface area contributed by atoms with Crippen LogP contribution in [0.25, 0.3) is 6.08 Å². The number of hydrogen-bond donors (Lipinski definition) is 0. The number of thioether (sulfide) groups is 1. The van der Waals surface area contributed by atoms with Gasteiger partial charge in [0.1, 0.15) is 18.1 Å². The minimum atomic E-state index is -0.00547. The summed E-state index contributed by atoms with van der Waals surface area (Å²) in [6, 6.07) is 13.4. The minimum Gasteiger partial charge on any atom is -0.497 e. The number of ketones is 1. The lowest BCUT2D eigenvalue weighted by molar-refractivity contribution is 0.100. The molecule has 2 aromatic rings. The van der Waals surface area contributed by atoms with Crippen molar-refractivity contribution >= 4 is 23.6 Å². The fourth-order valence-corrected chi connectivity index (χ4v) is 2.75. The summed E-state index contributed by atoms with van der Waals surface area (Å²) in [5.41, 5.74) is 2.20. The largest absolute Gasteiger partial charge is 0.497 e. The summed E-state index contributed by atoms with van der Waals surface area (Å²) in [5, 5.41) is 0. The first-order valence-corrected chi connectivity index (χ1v) is 8.14. The van der Waals surface area contributed by atoms with Gasteiger partial charge in [-0.05, 0) is 48.2 Å². The maximum Gasteiger partial charge on any atom is 0.196 e. The van der Waals surface area contributed by atoms with E-state index in [9.17, 15) is 4.79 Å². The molecule has 0 fully saturated rings. The number of benzene rings is 2. The highest BCUT2D eigenvalue weighted by atomic mass is 32.2. The second kappa shape index (κ2) is 6.28. The van der Waals surface area contributed by atoms with Gasteiger partial charge in [-0.15, -0.1) is 11.8 Å². The zero-order chi connectivity index (χ0) is 15.5. The van der Waals surface area contributed by atoms with Gasteiger partial charge >= 0.3 is 0 Å². The topological polar surface area (TPSA) is 35.5 Å². The second-order valence-electron chi connectivity index (χ2n) is 4.92. The fraction of sp³-hybridized carbons (Fsp3) is 0.167. The SMILES string of the molecule is COc1ccc2c(c1)C(=O)/C(=C\c1ccc(SC)cc1)CO2. The molecule has 0 saturated carbocycles. The predicted molar refractivity (Wildman–Crippen MR) is 89.0 cm³/mol. The second-order valence-corrected chi connectivity index (χ2v) is 5.80. The third kappa shape index (κ3) is 2.88. The highest BCUT2D eigenvalue weighted by Crippen LogP contribution is 2.31. The third-order valence-electron chi connectivity index (χ3n) is 3.56. The molecule has 0 unspecified atom stereocenters. The summed E-state index contributed by atoms with van der Waals surface area (Å²) < 4.78 is 10.9. The number of fused-ring (bicyclic) bond motifs is 1. The first-order chi connectivity index (χ1) is 10.7. The van der Waals surface area contributed by atoms with Crippen molar-refractivity contribution in [3.63, 3.8) is 0 Å². The van der Waals surface area contributed by atoms with Gasteiger partial charge in [-0.3, -0.25) is 4.79 Å². The Bertz CT molecular complexity index is 732. The Balaban J connectivity index is 1.92. The van der Waals surface area contributed by atoms with Gasteiger partial charge in [0.15, 0.2) is 5.78 Å². The van der Waals surface area contributed by atoms with Crippen LogP contribution in [0.1, 0.15) is 15.9 Å². The van der Waals surface area contributed by atoms with Crippen molar-refractivity contribution in [2.45, 2.75) is 4.90 Å². The summed E-state index contributed by atoms with van der Waals surface area (Å²) in [4.78, 5) is 13.8. The third-order valence-corrected chi connectivity index (χ3v) is 4.31. The molecule has 0 bridgehead atoms. The zero-order valence-electron chi connectivity index (χ0n) is 12.5. The van der Waals surface area contributed by atoms with Gasteiger partial charge in [-0.2, -0.15) is 0 Å². The van der Waals surface area contributed by atoms with Crippen molar-refractivity contribution in [1.29, 1.82) is 0 Å². The number of ether oxygens (including phenoxy) is 2. The van der Waals surface area contributed by atoms with Crippen LogP contribution in [-0.2, 0) is 0 Å². The lowest BCUT2D eigenvalue weighted by Crippen LogP contribution is -2.19. The summed E-state index contributed by atoms with van der Waals surface area (Å²) in [5.74, 6) is 1.26. The van der Waals surface area contributed by atoms with Crippen LogP contribution in [0.2, 0.25) is 0 Å². The molecule has 3 rings (SSSR count). The smallest absolute Gasteiger partial charge is 0.196 e. The molecule has 1 heterocycles. The van der Waals surface area contributed by atoms with E-state index >= 15 is 0 Å². The molecule has 2 aromatic carbocycles. The molecule has 3 nitrogen and oxygen atoms in total. The molecular weight excluding hydrogens is 296 g/mol. The van der Waals surface area contributed by atoms with Crippen molar-refractivity contribution in [1.82, 2.24) is 0 Å². The van der Waals surface area contributed by atoms with Crippen molar-refractivity contribution in [3.8, 4) is 11.5 Å². The van der Waals surface area contributed by atoms with Gasteiger partial charge in [0.05, 0.1) is 12.7 Å². The summed E-state index contributed by atoms with van der Waals surface area (Å²) >= 11 is 1.69. The van der Waals surface area contributed by atoms with Gasteiger partial charge in [0.25, 0.3) is 0 Å². The van der Waals surface area contributed by atoms with Gasteiger partial charge in [0.2, 0.25) is 0 Å². The molecule has 0 amide bonds. The summed E-state index contributed by atoms with van der Waals surface area (Å²) in [6.45, 7) is 0.294. The summed E-state index contributed by atoms with van der Waals surface area (Å²) in [7, 11) is 1.58. The van der Waals surface area contributed by atoms with E-state index in [1.165, 1.54) is 4.90 Å². The number of carbonyl (C=O) groups is 1. The Labute approximate surface area is 133 Å². The molecule has 4 heteroatoms. The van der Waals surface area contributed by atoms with E-state index in [0.717, 1.165) is 5.56 Å². The summed E-state index contributed by atoms with van der Waals surface area (Å²) in [6.07, 6.45) is 3.92. The van der Waals surface area contributed by atoms with E-state index in [2.05, 4.69) is 0 Å². The van der Waals surface area contributed by atoms with Crippen LogP contribution < -0.4 is 9.47 Å². The van der Waals surface area contributed by atoms with Crippen LogP contribution in [0.15, 0.2) is 52.9 Å². The molecule has 1 aliphatic rings. The van der Waals surface area contributed by atoms with Crippen molar-refractivity contribution in [3.05, 3.63) is 59.2 Å². The van der Waals surface area contributed by atoms with E-state index in [-0.39, 0.29) is 5.78 Å². The van der Waals surface area contributed by atoms with E-state index < -0.39 is 0 Å². The molecule has 1 aliphatic heterocycles. The highest BCUT2D eigenvalue weighted by Gasteiger charge is 2.23. The predicted octanol–water partition coefficient (Wildman–Crippen LogP) is 4.08. The Morgan fingerprint density at radius 1 is 1.18 bits per heavy atom. The Morgan fingerprint density at radius 3 is 2.64 bits per heavy atom. The van der Waals surface area contributed by atoms with Crippen LogP contribution in [0, 0.1) is 0 Å². The lowest BCUT2D eigenvalue weighted by atomic mass is 9.98. The van der Waals surface area contributed by atoms with Crippen LogP contribution in [0.5, 0.6) is 11.5 Å². The monoisotopic (exact) mass is 312 g/mol. The number of methoxy groups -OCH3 is 1. The maximum absolute atomic E-state index is 12.6. The minimum absolute atomic E-state index is 0.00547. The molecule has 0 N–H and O–H groups in total. The maximum atomic E-state index is 12.6. The number of hydrogen-bond acceptors (Lipinski definition) is 4. The van der Waals surface area contributed by atoms with E-state index in [0.29, 0.717) is 29.2 Å².